The molecule has 1 fully saturated rings. The second-order valence-corrected chi connectivity index (χ2v) is 7.35. The van der Waals surface area contributed by atoms with E-state index in [1.54, 1.807) is 0 Å². The van der Waals surface area contributed by atoms with Gasteiger partial charge in [-0.15, -0.1) is 0 Å². The molecule has 1 aliphatic heterocycles. The van der Waals surface area contributed by atoms with Crippen LogP contribution in [-0.2, 0) is 30.4 Å². The summed E-state index contributed by atoms with van der Waals surface area (Å²) in [5.74, 6) is -4.83. The van der Waals surface area contributed by atoms with Crippen LogP contribution in [-0.4, -0.2) is 76.2 Å². The number of amides is 3. The van der Waals surface area contributed by atoms with Gasteiger partial charge in [-0.25, -0.2) is 0 Å². The zero-order chi connectivity index (χ0) is 23.7. The lowest BCUT2D eigenvalue weighted by atomic mass is 10.0. The van der Waals surface area contributed by atoms with Gasteiger partial charge in [-0.1, -0.05) is 12.1 Å². The Kier molecular flexibility index (Phi) is 8.95. The van der Waals surface area contributed by atoms with Crippen LogP contribution in [0.1, 0.15) is 24.8 Å². The van der Waals surface area contributed by atoms with Gasteiger partial charge in [0.25, 0.3) is 0 Å². The van der Waals surface area contributed by atoms with Crippen LogP contribution in [0.3, 0.4) is 0 Å². The maximum atomic E-state index is 12.8. The van der Waals surface area contributed by atoms with Crippen molar-refractivity contribution >= 4 is 29.7 Å². The highest BCUT2D eigenvalue weighted by atomic mass is 16.4. The molecule has 3 atom stereocenters. The monoisotopic (exact) mass is 450 g/mol. The second-order valence-electron chi connectivity index (χ2n) is 7.35. The summed E-state index contributed by atoms with van der Waals surface area (Å²) in [4.78, 5) is 59.6. The fraction of sp³-hybridized carbons (Fsp3) is 0.450. The molecule has 1 heterocycles. The zero-order valence-electron chi connectivity index (χ0n) is 17.2. The van der Waals surface area contributed by atoms with Crippen molar-refractivity contribution in [2.45, 2.75) is 43.8 Å². The van der Waals surface area contributed by atoms with Gasteiger partial charge in [0, 0.05) is 6.42 Å². The highest BCUT2D eigenvalue weighted by Gasteiger charge is 2.31. The third kappa shape index (κ3) is 7.87. The number of nitrogens with one attached hydrogen (secondary N) is 4. The number of hydrogen-bond donors (Lipinski definition) is 7. The largest absolute Gasteiger partial charge is 0.508 e. The fourth-order valence-corrected chi connectivity index (χ4v) is 3.20. The van der Waals surface area contributed by atoms with Gasteiger partial charge in [0.15, 0.2) is 0 Å². The smallest absolute Gasteiger partial charge is 0.322 e. The lowest BCUT2D eigenvalue weighted by Gasteiger charge is -2.23. The molecule has 0 bridgehead atoms. The predicted octanol–water partition coefficient (Wildman–Crippen LogP) is -1.67. The van der Waals surface area contributed by atoms with Gasteiger partial charge in [-0.3, -0.25) is 24.0 Å². The highest BCUT2D eigenvalue weighted by molar-refractivity contribution is 5.95. The highest BCUT2D eigenvalue weighted by Crippen LogP contribution is 2.12. The molecule has 0 aliphatic carbocycles. The van der Waals surface area contributed by atoms with Crippen molar-refractivity contribution in [1.29, 1.82) is 0 Å². The second kappa shape index (κ2) is 11.6. The third-order valence-electron chi connectivity index (χ3n) is 4.81. The van der Waals surface area contributed by atoms with Crippen LogP contribution < -0.4 is 21.3 Å². The van der Waals surface area contributed by atoms with Gasteiger partial charge in [0.1, 0.15) is 24.4 Å². The molecule has 0 spiro atoms. The van der Waals surface area contributed by atoms with Crippen LogP contribution in [0.15, 0.2) is 24.3 Å². The number of aliphatic carboxylic acids is 2. The molecule has 3 unspecified atom stereocenters. The van der Waals surface area contributed by atoms with Crippen molar-refractivity contribution in [3.63, 3.8) is 0 Å². The third-order valence-corrected chi connectivity index (χ3v) is 4.81. The van der Waals surface area contributed by atoms with Crippen molar-refractivity contribution in [3.8, 4) is 5.75 Å². The maximum Gasteiger partial charge on any atom is 0.322 e. The normalized spacial score (nSPS) is 17.1. The quantitative estimate of drug-likeness (QED) is 0.206. The molecule has 7 N–H and O–H groups in total. The molecule has 0 radical (unpaired) electrons. The lowest BCUT2D eigenvalue weighted by molar-refractivity contribution is -0.141. The number of carboxylic acid groups (broad SMARTS) is 2. The van der Waals surface area contributed by atoms with Crippen molar-refractivity contribution in [3.05, 3.63) is 29.8 Å². The Morgan fingerprint density at radius 2 is 1.66 bits per heavy atom. The first-order valence-corrected chi connectivity index (χ1v) is 9.99. The summed E-state index contributed by atoms with van der Waals surface area (Å²) in [6, 6.07) is 2.58. The van der Waals surface area contributed by atoms with Crippen LogP contribution in [0, 0.1) is 0 Å². The number of phenols is 1. The Morgan fingerprint density at radius 1 is 0.969 bits per heavy atom. The molecule has 174 valence electrons. The molecule has 12 nitrogen and oxygen atoms in total. The minimum absolute atomic E-state index is 0.00517. The van der Waals surface area contributed by atoms with E-state index in [0.717, 1.165) is 6.42 Å². The number of aromatic hydroxyl groups is 1. The van der Waals surface area contributed by atoms with E-state index in [9.17, 15) is 29.1 Å². The average Bonchev–Trinajstić information content (AvgIpc) is 3.27. The Labute approximate surface area is 183 Å². The first kappa shape index (κ1) is 24.6. The van der Waals surface area contributed by atoms with E-state index in [2.05, 4.69) is 21.3 Å². The Morgan fingerprint density at radius 3 is 2.22 bits per heavy atom. The molecule has 0 aromatic heterocycles. The summed E-state index contributed by atoms with van der Waals surface area (Å²) in [5.41, 5.74) is 0.549. The zero-order valence-corrected chi connectivity index (χ0v) is 17.2. The first-order chi connectivity index (χ1) is 15.2. The first-order valence-electron chi connectivity index (χ1n) is 9.99. The Hall–Kier alpha value is -3.67. The number of carbonyl (C=O) groups excluding carboxylic acids is 3. The van der Waals surface area contributed by atoms with Crippen LogP contribution in [0.5, 0.6) is 5.75 Å². The standard InChI is InChI=1S/C20H26N4O8/c25-12-5-3-11(4-6-12)8-14(18(30)22-10-17(28)29)23-20(32)15(9-16(26)27)24-19(31)13-2-1-7-21-13/h3-6,13-15,21,25H,1-2,7-10H2,(H,22,30)(H,23,32)(H,24,31)(H,26,27)(H,28,29). The van der Waals surface area contributed by atoms with E-state index < -0.39 is 60.8 Å². The number of rotatable bonds is 11. The van der Waals surface area contributed by atoms with Crippen LogP contribution in [0.4, 0.5) is 0 Å². The Bertz CT molecular complexity index is 852. The van der Waals surface area contributed by atoms with E-state index in [1.165, 1.54) is 24.3 Å². The molecule has 12 heteroatoms. The molecular formula is C20H26N4O8. The molecule has 2 rings (SSSR count). The maximum absolute atomic E-state index is 12.8. The molecule has 1 aromatic carbocycles. The van der Waals surface area contributed by atoms with Gasteiger partial charge >= 0.3 is 11.9 Å². The van der Waals surface area contributed by atoms with Crippen LogP contribution in [0.25, 0.3) is 0 Å². The number of benzene rings is 1. The number of hydrogen-bond acceptors (Lipinski definition) is 7. The Balaban J connectivity index is 2.14. The molecule has 3 amide bonds. The van der Waals surface area contributed by atoms with E-state index in [0.29, 0.717) is 18.5 Å². The summed E-state index contributed by atoms with van der Waals surface area (Å²) in [7, 11) is 0. The average molecular weight is 450 g/mol. The van der Waals surface area contributed by atoms with E-state index in [4.69, 9.17) is 10.2 Å². The summed E-state index contributed by atoms with van der Waals surface area (Å²) in [6.07, 6.45) is 0.559. The molecule has 1 aromatic rings. The van der Waals surface area contributed by atoms with Crippen molar-refractivity contribution in [2.24, 2.45) is 0 Å². The van der Waals surface area contributed by atoms with Crippen molar-refractivity contribution in [2.75, 3.05) is 13.1 Å². The number of carboxylic acids is 2. The molecule has 0 saturated carbocycles. The van der Waals surface area contributed by atoms with Crippen LogP contribution in [0.2, 0.25) is 0 Å². The van der Waals surface area contributed by atoms with Crippen molar-refractivity contribution < 1.29 is 39.3 Å². The summed E-state index contributed by atoms with van der Waals surface area (Å²) in [6.45, 7) is -0.0459. The summed E-state index contributed by atoms with van der Waals surface area (Å²) >= 11 is 0. The minimum atomic E-state index is -1.43. The number of carbonyl (C=O) groups is 5. The topological polar surface area (TPSA) is 194 Å². The number of phenolic OH excluding ortho intramolecular Hbond substituents is 1. The minimum Gasteiger partial charge on any atom is -0.508 e. The summed E-state index contributed by atoms with van der Waals surface area (Å²) < 4.78 is 0. The predicted molar refractivity (Wildman–Crippen MR) is 110 cm³/mol. The van der Waals surface area contributed by atoms with Gasteiger partial charge in [0.2, 0.25) is 17.7 Å². The van der Waals surface area contributed by atoms with Gasteiger partial charge in [-0.2, -0.15) is 0 Å². The van der Waals surface area contributed by atoms with Gasteiger partial charge in [-0.05, 0) is 37.1 Å². The van der Waals surface area contributed by atoms with E-state index in [-0.39, 0.29) is 12.2 Å². The lowest BCUT2D eigenvalue weighted by Crippen LogP contribution is -2.57. The molecule has 32 heavy (non-hydrogen) atoms. The summed E-state index contributed by atoms with van der Waals surface area (Å²) in [5, 5.41) is 37.3. The van der Waals surface area contributed by atoms with Crippen LogP contribution >= 0.6 is 0 Å². The SMILES string of the molecule is O=C(O)CNC(=O)C(Cc1ccc(O)cc1)NC(=O)C(CC(=O)O)NC(=O)C1CCCN1. The molecule has 1 saturated heterocycles. The van der Waals surface area contributed by atoms with E-state index in [1.807, 2.05) is 0 Å². The fourth-order valence-electron chi connectivity index (χ4n) is 3.20. The molecular weight excluding hydrogens is 424 g/mol. The van der Waals surface area contributed by atoms with Gasteiger partial charge in [0.05, 0.1) is 12.5 Å². The van der Waals surface area contributed by atoms with Crippen molar-refractivity contribution in [1.82, 2.24) is 21.3 Å². The van der Waals surface area contributed by atoms with E-state index >= 15 is 0 Å². The van der Waals surface area contributed by atoms with Gasteiger partial charge < -0.3 is 36.6 Å². The molecule has 1 aliphatic rings.